The van der Waals surface area contributed by atoms with Crippen molar-refractivity contribution < 1.29 is 18.7 Å². The van der Waals surface area contributed by atoms with E-state index in [-0.39, 0.29) is 18.3 Å². The van der Waals surface area contributed by atoms with E-state index in [1.54, 1.807) is 12.1 Å². The molecule has 2 aromatic rings. The van der Waals surface area contributed by atoms with E-state index < -0.39 is 5.97 Å². The van der Waals surface area contributed by atoms with E-state index in [1.165, 1.54) is 0 Å². The lowest BCUT2D eigenvalue weighted by Crippen LogP contribution is -2.20. The monoisotopic (exact) mass is 316 g/mol. The van der Waals surface area contributed by atoms with E-state index in [9.17, 15) is 9.59 Å². The molecule has 1 aliphatic rings. The van der Waals surface area contributed by atoms with Crippen molar-refractivity contribution in [2.75, 3.05) is 6.61 Å². The van der Waals surface area contributed by atoms with Crippen LogP contribution < -0.4 is 10.4 Å². The fourth-order valence-corrected chi connectivity index (χ4v) is 2.84. The summed E-state index contributed by atoms with van der Waals surface area (Å²) < 4.78 is 16.0. The molecule has 0 radical (unpaired) electrons. The maximum absolute atomic E-state index is 12.0. The minimum atomic E-state index is -0.408. The fourth-order valence-electron chi connectivity index (χ4n) is 2.84. The summed E-state index contributed by atoms with van der Waals surface area (Å²) in [5.74, 6) is 0.0783. The Morgan fingerprint density at radius 2 is 2.09 bits per heavy atom. The van der Waals surface area contributed by atoms with Crippen molar-refractivity contribution in [3.05, 3.63) is 39.7 Å². The van der Waals surface area contributed by atoms with Crippen LogP contribution in [0.2, 0.25) is 0 Å². The van der Waals surface area contributed by atoms with Gasteiger partial charge in [-0.25, -0.2) is 9.59 Å². The van der Waals surface area contributed by atoms with E-state index in [1.807, 2.05) is 19.9 Å². The Morgan fingerprint density at radius 1 is 1.30 bits per heavy atom. The van der Waals surface area contributed by atoms with Gasteiger partial charge in [-0.3, -0.25) is 0 Å². The van der Waals surface area contributed by atoms with Crippen LogP contribution in [0.5, 0.6) is 5.75 Å². The summed E-state index contributed by atoms with van der Waals surface area (Å²) in [5, 5.41) is 0.951. The van der Waals surface area contributed by atoms with Gasteiger partial charge in [-0.1, -0.05) is 6.92 Å². The number of fused-ring (bicyclic) bond motifs is 3. The first-order chi connectivity index (χ1) is 11.1. The second kappa shape index (κ2) is 6.44. The lowest BCUT2D eigenvalue weighted by molar-refractivity contribution is -0.150. The number of ether oxygens (including phenoxy) is 2. The third kappa shape index (κ3) is 3.23. The molecule has 0 unspecified atom stereocenters. The van der Waals surface area contributed by atoms with Gasteiger partial charge < -0.3 is 13.9 Å². The Hall–Kier alpha value is -2.30. The maximum Gasteiger partial charge on any atom is 0.344 e. The number of rotatable bonds is 5. The highest BCUT2D eigenvalue weighted by Crippen LogP contribution is 2.29. The van der Waals surface area contributed by atoms with Crippen LogP contribution in [0.1, 0.15) is 37.8 Å². The van der Waals surface area contributed by atoms with Crippen molar-refractivity contribution in [3.63, 3.8) is 0 Å². The zero-order chi connectivity index (χ0) is 16.4. The summed E-state index contributed by atoms with van der Waals surface area (Å²) in [6.45, 7) is 3.62. The molecule has 1 aromatic carbocycles. The van der Waals surface area contributed by atoms with Crippen molar-refractivity contribution in [3.8, 4) is 5.75 Å². The molecule has 0 N–H and O–H groups in total. The Bertz CT molecular complexity index is 790. The molecular formula is C18H20O5. The molecule has 3 rings (SSSR count). The van der Waals surface area contributed by atoms with Gasteiger partial charge in [0, 0.05) is 17.0 Å². The Kier molecular flexibility index (Phi) is 4.37. The van der Waals surface area contributed by atoms with Crippen LogP contribution in [0.15, 0.2) is 27.4 Å². The number of benzene rings is 1. The number of carbonyl (C=O) groups excluding carboxylic acids is 1. The van der Waals surface area contributed by atoms with Gasteiger partial charge in [0.25, 0.3) is 0 Å². The molecule has 5 nitrogen and oxygen atoms in total. The fraction of sp³-hybridized carbons (Fsp3) is 0.444. The average Bonchev–Trinajstić information content (AvgIpc) is 3.03. The molecule has 5 heteroatoms. The molecule has 1 heterocycles. The van der Waals surface area contributed by atoms with Crippen LogP contribution in [-0.2, 0) is 22.4 Å². The van der Waals surface area contributed by atoms with Crippen molar-refractivity contribution >= 4 is 16.9 Å². The predicted molar refractivity (Wildman–Crippen MR) is 85.8 cm³/mol. The average molecular weight is 316 g/mol. The first kappa shape index (κ1) is 15.6. The van der Waals surface area contributed by atoms with E-state index in [2.05, 4.69) is 0 Å². The quantitative estimate of drug-likeness (QED) is 0.626. The van der Waals surface area contributed by atoms with Crippen molar-refractivity contribution in [2.24, 2.45) is 0 Å². The van der Waals surface area contributed by atoms with Crippen LogP contribution in [0, 0.1) is 0 Å². The Labute approximate surface area is 134 Å². The largest absolute Gasteiger partial charge is 0.482 e. The molecule has 0 amide bonds. The molecule has 1 aromatic heterocycles. The first-order valence-corrected chi connectivity index (χ1v) is 7.99. The summed E-state index contributed by atoms with van der Waals surface area (Å²) >= 11 is 0. The summed E-state index contributed by atoms with van der Waals surface area (Å²) in [5.41, 5.74) is 2.11. The number of esters is 1. The second-order valence-corrected chi connectivity index (χ2v) is 5.86. The molecular weight excluding hydrogens is 296 g/mol. The number of carbonyl (C=O) groups is 1. The lowest BCUT2D eigenvalue weighted by Gasteiger charge is -2.12. The highest BCUT2D eigenvalue weighted by molar-refractivity contribution is 5.83. The molecule has 1 aliphatic carbocycles. The van der Waals surface area contributed by atoms with Crippen LogP contribution in [0.4, 0.5) is 0 Å². The number of aryl methyl sites for hydroxylation is 1. The van der Waals surface area contributed by atoms with Gasteiger partial charge in [0.2, 0.25) is 0 Å². The minimum absolute atomic E-state index is 0.122. The molecule has 0 saturated carbocycles. The van der Waals surface area contributed by atoms with Crippen molar-refractivity contribution in [1.82, 2.24) is 0 Å². The van der Waals surface area contributed by atoms with Gasteiger partial charge in [0.05, 0.1) is 6.10 Å². The van der Waals surface area contributed by atoms with E-state index in [4.69, 9.17) is 13.9 Å². The maximum atomic E-state index is 12.0. The zero-order valence-corrected chi connectivity index (χ0v) is 13.4. The van der Waals surface area contributed by atoms with Crippen LogP contribution in [0.25, 0.3) is 11.0 Å². The number of hydrogen-bond donors (Lipinski definition) is 0. The van der Waals surface area contributed by atoms with E-state index in [0.717, 1.165) is 42.2 Å². The van der Waals surface area contributed by atoms with Gasteiger partial charge in [0.1, 0.15) is 11.3 Å². The van der Waals surface area contributed by atoms with Crippen LogP contribution in [0.3, 0.4) is 0 Å². The Morgan fingerprint density at radius 3 is 2.87 bits per heavy atom. The smallest absolute Gasteiger partial charge is 0.344 e. The summed E-state index contributed by atoms with van der Waals surface area (Å²) in [6.07, 6.45) is 3.31. The lowest BCUT2D eigenvalue weighted by atomic mass is 10.1. The van der Waals surface area contributed by atoms with Gasteiger partial charge in [0.15, 0.2) is 6.61 Å². The third-order valence-electron chi connectivity index (χ3n) is 4.21. The Balaban J connectivity index is 1.77. The van der Waals surface area contributed by atoms with Gasteiger partial charge in [-0.2, -0.15) is 0 Å². The summed E-state index contributed by atoms with van der Waals surface area (Å²) in [7, 11) is 0. The van der Waals surface area contributed by atoms with Crippen molar-refractivity contribution in [2.45, 2.75) is 45.6 Å². The van der Waals surface area contributed by atoms with Gasteiger partial charge in [-0.05, 0) is 50.3 Å². The van der Waals surface area contributed by atoms with E-state index >= 15 is 0 Å². The van der Waals surface area contributed by atoms with Gasteiger partial charge >= 0.3 is 11.6 Å². The van der Waals surface area contributed by atoms with Crippen LogP contribution in [-0.4, -0.2) is 18.7 Å². The topological polar surface area (TPSA) is 65.7 Å². The highest BCUT2D eigenvalue weighted by Gasteiger charge is 2.19. The normalized spacial score (nSPS) is 14.5. The zero-order valence-electron chi connectivity index (χ0n) is 13.4. The summed E-state index contributed by atoms with van der Waals surface area (Å²) in [4.78, 5) is 23.6. The molecule has 122 valence electrons. The standard InChI is InChI=1S/C18H20O5/c1-3-11(2)22-17(19)10-21-12-7-8-14-13-5-4-6-15(13)18(20)23-16(14)9-12/h7-9,11H,3-6,10H2,1-2H3/t11-/m0/s1. The molecule has 0 bridgehead atoms. The molecule has 0 spiro atoms. The summed E-state index contributed by atoms with van der Waals surface area (Å²) in [6, 6.07) is 5.33. The molecule has 23 heavy (non-hydrogen) atoms. The minimum Gasteiger partial charge on any atom is -0.482 e. The molecule has 0 saturated heterocycles. The van der Waals surface area contributed by atoms with Gasteiger partial charge in [-0.15, -0.1) is 0 Å². The van der Waals surface area contributed by atoms with Crippen LogP contribution >= 0.6 is 0 Å². The van der Waals surface area contributed by atoms with Crippen molar-refractivity contribution in [1.29, 1.82) is 0 Å². The first-order valence-electron chi connectivity index (χ1n) is 7.99. The molecule has 0 aliphatic heterocycles. The third-order valence-corrected chi connectivity index (χ3v) is 4.21. The predicted octanol–water partition coefficient (Wildman–Crippen LogP) is 3.00. The number of hydrogen-bond acceptors (Lipinski definition) is 5. The highest BCUT2D eigenvalue weighted by atomic mass is 16.6. The molecule has 0 fully saturated rings. The second-order valence-electron chi connectivity index (χ2n) is 5.86. The molecule has 1 atom stereocenters. The SMILES string of the molecule is CC[C@H](C)OC(=O)COc1ccc2c3c(c(=O)oc2c1)CCC3. The van der Waals surface area contributed by atoms with E-state index in [0.29, 0.717) is 11.3 Å².